The van der Waals surface area contributed by atoms with E-state index in [4.69, 9.17) is 9.47 Å². The lowest BCUT2D eigenvalue weighted by Gasteiger charge is -2.38. The highest BCUT2D eigenvalue weighted by atomic mass is 28.3. The van der Waals surface area contributed by atoms with Crippen LogP contribution in [-0.2, 0) is 9.47 Å². The standard InChI is InChI=1S/C29H43NO3Si/c1-21(2)30(22(3)4)28(31)33-27-23(5)20-25(18-19-34(9,10)29(6,7)8)32-26(27)17-16-24-14-12-11-13-15-24/h11-17,21-22,25-27H,5,20H2,1-4,6-10H3/b17-16+/t25-,26+,27+/m0/s1. The van der Waals surface area contributed by atoms with E-state index in [0.717, 1.165) is 11.1 Å². The van der Waals surface area contributed by atoms with Gasteiger partial charge in [0.25, 0.3) is 0 Å². The van der Waals surface area contributed by atoms with Crippen molar-refractivity contribution >= 4 is 20.2 Å². The molecule has 3 atom stereocenters. The van der Waals surface area contributed by atoms with E-state index < -0.39 is 20.3 Å². The van der Waals surface area contributed by atoms with Crippen LogP contribution in [0.1, 0.15) is 60.5 Å². The molecule has 0 aromatic heterocycles. The van der Waals surface area contributed by atoms with Gasteiger partial charge in [0.05, 0.1) is 0 Å². The number of amides is 1. The summed E-state index contributed by atoms with van der Waals surface area (Å²) in [6, 6.07) is 10.1. The number of hydrogen-bond donors (Lipinski definition) is 0. The Morgan fingerprint density at radius 1 is 1.18 bits per heavy atom. The Morgan fingerprint density at radius 2 is 1.76 bits per heavy atom. The van der Waals surface area contributed by atoms with E-state index in [2.05, 4.69) is 51.9 Å². The lowest BCUT2D eigenvalue weighted by atomic mass is 9.95. The Morgan fingerprint density at radius 3 is 2.29 bits per heavy atom. The molecule has 34 heavy (non-hydrogen) atoms. The van der Waals surface area contributed by atoms with Gasteiger partial charge in [-0.05, 0) is 43.9 Å². The van der Waals surface area contributed by atoms with Crippen molar-refractivity contribution in [1.29, 1.82) is 0 Å². The van der Waals surface area contributed by atoms with Gasteiger partial charge >= 0.3 is 6.09 Å². The topological polar surface area (TPSA) is 38.8 Å². The maximum Gasteiger partial charge on any atom is 0.410 e. The fourth-order valence-corrected chi connectivity index (χ4v) is 4.58. The maximum atomic E-state index is 13.1. The van der Waals surface area contributed by atoms with Crippen LogP contribution in [0.2, 0.25) is 18.1 Å². The van der Waals surface area contributed by atoms with Crippen molar-refractivity contribution < 1.29 is 14.3 Å². The molecule has 1 aliphatic heterocycles. The highest BCUT2D eigenvalue weighted by Crippen LogP contribution is 2.35. The molecule has 0 radical (unpaired) electrons. The van der Waals surface area contributed by atoms with Crippen LogP contribution in [0.4, 0.5) is 4.79 Å². The second-order valence-electron chi connectivity index (χ2n) is 11.3. The van der Waals surface area contributed by atoms with Gasteiger partial charge in [-0.25, -0.2) is 4.79 Å². The summed E-state index contributed by atoms with van der Waals surface area (Å²) in [6.45, 7) is 23.6. The summed E-state index contributed by atoms with van der Waals surface area (Å²) in [5.41, 5.74) is 5.46. The summed E-state index contributed by atoms with van der Waals surface area (Å²) in [4.78, 5) is 14.8. The highest BCUT2D eigenvalue weighted by molar-refractivity contribution is 6.87. The van der Waals surface area contributed by atoms with E-state index in [1.165, 1.54) is 0 Å². The first-order valence-corrected chi connectivity index (χ1v) is 15.3. The fourth-order valence-electron chi connectivity index (χ4n) is 3.68. The quantitative estimate of drug-likeness (QED) is 0.256. The van der Waals surface area contributed by atoms with E-state index in [-0.39, 0.29) is 29.3 Å². The van der Waals surface area contributed by atoms with Gasteiger partial charge in [-0.1, -0.05) is 88.8 Å². The summed E-state index contributed by atoms with van der Waals surface area (Å²) in [5, 5.41) is 0.174. The van der Waals surface area contributed by atoms with Crippen LogP contribution in [0.5, 0.6) is 0 Å². The van der Waals surface area contributed by atoms with Gasteiger partial charge in [-0.3, -0.25) is 0 Å². The van der Waals surface area contributed by atoms with Gasteiger partial charge in [-0.2, -0.15) is 0 Å². The van der Waals surface area contributed by atoms with E-state index in [1.807, 2.05) is 70.2 Å². The molecule has 2 rings (SSSR count). The smallest absolute Gasteiger partial charge is 0.410 e. The molecule has 1 saturated heterocycles. The molecule has 0 saturated carbocycles. The molecule has 0 spiro atoms. The minimum atomic E-state index is -1.77. The Labute approximate surface area is 208 Å². The molecule has 0 aliphatic carbocycles. The van der Waals surface area contributed by atoms with Crippen LogP contribution < -0.4 is 0 Å². The van der Waals surface area contributed by atoms with Crippen molar-refractivity contribution in [2.24, 2.45) is 0 Å². The zero-order valence-electron chi connectivity index (χ0n) is 22.5. The van der Waals surface area contributed by atoms with Crippen molar-refractivity contribution in [2.45, 2.75) is 103 Å². The van der Waals surface area contributed by atoms with Crippen molar-refractivity contribution in [2.75, 3.05) is 0 Å². The van der Waals surface area contributed by atoms with E-state index >= 15 is 0 Å². The molecule has 1 aliphatic rings. The third-order valence-corrected chi connectivity index (χ3v) is 11.2. The lowest BCUT2D eigenvalue weighted by molar-refractivity contribution is -0.0592. The van der Waals surface area contributed by atoms with Crippen molar-refractivity contribution in [3.63, 3.8) is 0 Å². The second kappa shape index (κ2) is 11.4. The van der Waals surface area contributed by atoms with Crippen LogP contribution in [0.15, 0.2) is 48.6 Å². The van der Waals surface area contributed by atoms with Gasteiger partial charge in [0.2, 0.25) is 0 Å². The molecule has 1 heterocycles. The van der Waals surface area contributed by atoms with Crippen molar-refractivity contribution in [3.05, 3.63) is 54.1 Å². The minimum absolute atomic E-state index is 0.0341. The number of carbonyl (C=O) groups is 1. The number of nitrogens with zero attached hydrogens (tertiary/aromatic N) is 1. The Hall–Kier alpha value is -2.29. The van der Waals surface area contributed by atoms with Gasteiger partial charge in [0.15, 0.2) is 6.10 Å². The highest BCUT2D eigenvalue weighted by Gasteiger charge is 2.38. The number of hydrogen-bond acceptors (Lipinski definition) is 3. The molecule has 0 bridgehead atoms. The summed E-state index contributed by atoms with van der Waals surface area (Å²) in [6.07, 6.45) is 2.90. The van der Waals surface area contributed by atoms with Crippen LogP contribution in [0.25, 0.3) is 6.08 Å². The molecule has 1 aromatic carbocycles. The van der Waals surface area contributed by atoms with E-state index in [0.29, 0.717) is 6.42 Å². The normalized spacial score (nSPS) is 21.5. The third kappa shape index (κ3) is 7.35. The first-order valence-electron chi connectivity index (χ1n) is 12.3. The summed E-state index contributed by atoms with van der Waals surface area (Å²) < 4.78 is 12.4. The van der Waals surface area contributed by atoms with Gasteiger partial charge < -0.3 is 14.4 Å². The molecule has 0 unspecified atom stereocenters. The predicted octanol–water partition coefficient (Wildman–Crippen LogP) is 7.09. The van der Waals surface area contributed by atoms with Crippen LogP contribution in [0, 0.1) is 11.5 Å². The van der Waals surface area contributed by atoms with E-state index in [1.54, 1.807) is 4.90 Å². The fraction of sp³-hybridized carbons (Fsp3) is 0.552. The first-order chi connectivity index (χ1) is 15.7. The minimum Gasteiger partial charge on any atom is -0.438 e. The average Bonchev–Trinajstić information content (AvgIpc) is 2.72. The van der Waals surface area contributed by atoms with Crippen molar-refractivity contribution in [3.8, 4) is 11.5 Å². The maximum absolute atomic E-state index is 13.1. The number of rotatable bonds is 5. The molecular formula is C29H43NO3Si. The SMILES string of the molecule is C=C1C[C@H](C#C[Si](C)(C)C(C)(C)C)O[C@H](/C=C/c2ccccc2)[C@@H]1OC(=O)N(C(C)C)C(C)C. The Kier molecular flexibility index (Phi) is 9.39. The van der Waals surface area contributed by atoms with Crippen molar-refractivity contribution in [1.82, 2.24) is 4.90 Å². The first kappa shape index (κ1) is 27.9. The number of ether oxygens (including phenoxy) is 2. The molecule has 4 nitrogen and oxygen atoms in total. The largest absolute Gasteiger partial charge is 0.438 e. The average molecular weight is 482 g/mol. The molecule has 0 N–H and O–H groups in total. The monoisotopic (exact) mass is 481 g/mol. The second-order valence-corrected chi connectivity index (χ2v) is 16.3. The number of benzene rings is 1. The molecule has 186 valence electrons. The third-order valence-electron chi connectivity index (χ3n) is 6.72. The molecule has 5 heteroatoms. The molecule has 1 amide bonds. The van der Waals surface area contributed by atoms with Gasteiger partial charge in [-0.15, -0.1) is 5.54 Å². The lowest BCUT2D eigenvalue weighted by Crippen LogP contribution is -2.48. The van der Waals surface area contributed by atoms with E-state index in [9.17, 15) is 4.79 Å². The van der Waals surface area contributed by atoms with Crippen LogP contribution in [0.3, 0.4) is 0 Å². The summed E-state index contributed by atoms with van der Waals surface area (Å²) in [7, 11) is -1.77. The van der Waals surface area contributed by atoms with Gasteiger partial charge in [0.1, 0.15) is 20.3 Å². The molecular weight excluding hydrogens is 438 g/mol. The Bertz CT molecular complexity index is 924. The molecule has 1 aromatic rings. The van der Waals surface area contributed by atoms with Crippen LogP contribution >= 0.6 is 0 Å². The Balaban J connectivity index is 2.32. The summed E-state index contributed by atoms with van der Waals surface area (Å²) in [5.74, 6) is 3.40. The molecule has 1 fully saturated rings. The number of carbonyl (C=O) groups excluding carboxylic acids is 1. The van der Waals surface area contributed by atoms with Gasteiger partial charge in [0, 0.05) is 18.5 Å². The zero-order valence-corrected chi connectivity index (χ0v) is 23.5. The predicted molar refractivity (Wildman–Crippen MR) is 145 cm³/mol. The van der Waals surface area contributed by atoms with Crippen LogP contribution in [-0.4, -0.2) is 49.5 Å². The summed E-state index contributed by atoms with van der Waals surface area (Å²) >= 11 is 0. The zero-order chi connectivity index (χ0) is 25.7.